The summed E-state index contributed by atoms with van der Waals surface area (Å²) < 4.78 is 1.44. The van der Waals surface area contributed by atoms with E-state index >= 15 is 0 Å². The summed E-state index contributed by atoms with van der Waals surface area (Å²) in [7, 11) is 0. The van der Waals surface area contributed by atoms with Gasteiger partial charge < -0.3 is 10.6 Å². The van der Waals surface area contributed by atoms with E-state index in [9.17, 15) is 14.4 Å². The Bertz CT molecular complexity index is 1070. The highest BCUT2D eigenvalue weighted by atomic mass is 16.2. The molecule has 0 saturated carbocycles. The van der Waals surface area contributed by atoms with Gasteiger partial charge in [0, 0.05) is 38.9 Å². The van der Waals surface area contributed by atoms with Gasteiger partial charge in [0.05, 0.1) is 17.3 Å². The van der Waals surface area contributed by atoms with Crippen molar-refractivity contribution < 1.29 is 14.4 Å². The Morgan fingerprint density at radius 1 is 0.966 bits per heavy atom. The van der Waals surface area contributed by atoms with Crippen LogP contribution in [-0.4, -0.2) is 63.0 Å². The first-order valence-corrected chi connectivity index (χ1v) is 9.40. The minimum atomic E-state index is -1.08. The van der Waals surface area contributed by atoms with Crippen molar-refractivity contribution in [3.8, 4) is 0 Å². The van der Waals surface area contributed by atoms with E-state index in [1.807, 2.05) is 18.2 Å². The molecule has 2 amide bonds. The number of hydrogen-bond donors (Lipinski definition) is 1. The zero-order valence-electron chi connectivity index (χ0n) is 15.8. The molecule has 0 radical (unpaired) electrons. The molecule has 3 heterocycles. The number of fused-ring (bicyclic) bond motifs is 1. The first kappa shape index (κ1) is 18.8. The Morgan fingerprint density at radius 2 is 1.69 bits per heavy atom. The monoisotopic (exact) mass is 391 g/mol. The quantitative estimate of drug-likeness (QED) is 0.516. The predicted molar refractivity (Wildman–Crippen MR) is 106 cm³/mol. The SMILES string of the molecule is NC(=O)C(=O)c1ncc2ccc(C(=O)N3CCN(Cc4ccccc4)CC3)cn12. The van der Waals surface area contributed by atoms with E-state index in [0.29, 0.717) is 24.2 Å². The number of aromatic nitrogens is 2. The van der Waals surface area contributed by atoms with E-state index in [4.69, 9.17) is 5.73 Å². The third-order valence-corrected chi connectivity index (χ3v) is 5.11. The van der Waals surface area contributed by atoms with Gasteiger partial charge in [0.2, 0.25) is 0 Å². The zero-order valence-corrected chi connectivity index (χ0v) is 15.8. The van der Waals surface area contributed by atoms with Gasteiger partial charge in [-0.3, -0.25) is 23.7 Å². The molecule has 0 aliphatic carbocycles. The molecule has 1 aliphatic rings. The molecule has 29 heavy (non-hydrogen) atoms. The highest BCUT2D eigenvalue weighted by Gasteiger charge is 2.24. The fourth-order valence-corrected chi connectivity index (χ4v) is 3.53. The molecule has 1 saturated heterocycles. The number of imidazole rings is 1. The molecule has 1 aromatic carbocycles. The van der Waals surface area contributed by atoms with Crippen molar-refractivity contribution in [3.05, 3.63) is 71.8 Å². The van der Waals surface area contributed by atoms with Gasteiger partial charge >= 0.3 is 0 Å². The third-order valence-electron chi connectivity index (χ3n) is 5.11. The molecule has 0 atom stereocenters. The second kappa shape index (κ2) is 7.84. The first-order chi connectivity index (χ1) is 14.0. The fourth-order valence-electron chi connectivity index (χ4n) is 3.53. The number of nitrogens with zero attached hydrogens (tertiary/aromatic N) is 4. The number of pyridine rings is 1. The number of ketones is 1. The molecule has 8 nitrogen and oxygen atoms in total. The second-order valence-corrected chi connectivity index (χ2v) is 7.04. The summed E-state index contributed by atoms with van der Waals surface area (Å²) in [6.45, 7) is 3.70. The van der Waals surface area contributed by atoms with E-state index < -0.39 is 11.7 Å². The van der Waals surface area contributed by atoms with Crippen LogP contribution in [0.1, 0.15) is 26.5 Å². The molecule has 2 aromatic heterocycles. The summed E-state index contributed by atoms with van der Waals surface area (Å²) in [5, 5.41) is 0. The summed E-state index contributed by atoms with van der Waals surface area (Å²) in [5.41, 5.74) is 7.38. The van der Waals surface area contributed by atoms with Gasteiger partial charge in [-0.1, -0.05) is 30.3 Å². The summed E-state index contributed by atoms with van der Waals surface area (Å²) in [6.07, 6.45) is 3.00. The Labute approximate surface area is 167 Å². The van der Waals surface area contributed by atoms with Crippen molar-refractivity contribution in [2.45, 2.75) is 6.54 Å². The average molecular weight is 391 g/mol. The number of Topliss-reactive ketones (excluding diaryl/α,β-unsaturated/α-hetero) is 1. The fraction of sp³-hybridized carbons (Fsp3) is 0.238. The summed E-state index contributed by atoms with van der Waals surface area (Å²) in [4.78, 5) is 44.2. The lowest BCUT2D eigenvalue weighted by atomic mass is 10.2. The second-order valence-electron chi connectivity index (χ2n) is 7.04. The van der Waals surface area contributed by atoms with Gasteiger partial charge in [0.1, 0.15) is 0 Å². The van der Waals surface area contributed by atoms with Crippen LogP contribution in [0.2, 0.25) is 0 Å². The molecule has 1 fully saturated rings. The van der Waals surface area contributed by atoms with Crippen LogP contribution in [0.15, 0.2) is 54.9 Å². The van der Waals surface area contributed by atoms with Gasteiger partial charge in [-0.2, -0.15) is 0 Å². The molecule has 0 unspecified atom stereocenters. The topological polar surface area (TPSA) is 101 Å². The lowest BCUT2D eigenvalue weighted by molar-refractivity contribution is -0.114. The molecule has 3 aromatic rings. The molecule has 4 rings (SSSR count). The lowest BCUT2D eigenvalue weighted by Crippen LogP contribution is -2.48. The van der Waals surface area contributed by atoms with Crippen LogP contribution in [0.4, 0.5) is 0 Å². The highest BCUT2D eigenvalue weighted by Crippen LogP contribution is 2.14. The molecule has 1 aliphatic heterocycles. The molecule has 148 valence electrons. The van der Waals surface area contributed by atoms with E-state index in [1.54, 1.807) is 17.0 Å². The van der Waals surface area contributed by atoms with Gasteiger partial charge in [-0.05, 0) is 17.7 Å². The number of benzene rings is 1. The number of hydrogen-bond acceptors (Lipinski definition) is 5. The molecule has 2 N–H and O–H groups in total. The number of rotatable bonds is 5. The van der Waals surface area contributed by atoms with Crippen molar-refractivity contribution in [3.63, 3.8) is 0 Å². The number of nitrogens with two attached hydrogens (primary N) is 1. The van der Waals surface area contributed by atoms with Crippen LogP contribution in [0.5, 0.6) is 0 Å². The van der Waals surface area contributed by atoms with Crippen LogP contribution in [0.25, 0.3) is 5.52 Å². The molecule has 8 heteroatoms. The largest absolute Gasteiger partial charge is 0.363 e. The molecular weight excluding hydrogens is 370 g/mol. The van der Waals surface area contributed by atoms with Crippen LogP contribution in [0.3, 0.4) is 0 Å². The molecule has 0 spiro atoms. The molecular formula is C21H21N5O3. The lowest BCUT2D eigenvalue weighted by Gasteiger charge is -2.34. The predicted octanol–water partition coefficient (Wildman–Crippen LogP) is 0.960. The van der Waals surface area contributed by atoms with Gasteiger partial charge in [0.15, 0.2) is 5.82 Å². The number of carbonyl (C=O) groups is 3. The normalized spacial score (nSPS) is 14.8. The Morgan fingerprint density at radius 3 is 2.38 bits per heavy atom. The Kier molecular flexibility index (Phi) is 5.09. The van der Waals surface area contributed by atoms with Crippen LogP contribution in [-0.2, 0) is 11.3 Å². The smallest absolute Gasteiger partial charge is 0.293 e. The van der Waals surface area contributed by atoms with Gasteiger partial charge in [0.25, 0.3) is 17.6 Å². The summed E-state index contributed by atoms with van der Waals surface area (Å²) in [6, 6.07) is 13.7. The third kappa shape index (κ3) is 3.88. The van der Waals surface area contributed by atoms with Crippen molar-refractivity contribution in [2.24, 2.45) is 5.73 Å². The van der Waals surface area contributed by atoms with Gasteiger partial charge in [-0.25, -0.2) is 4.98 Å². The van der Waals surface area contributed by atoms with Crippen LogP contribution >= 0.6 is 0 Å². The summed E-state index contributed by atoms with van der Waals surface area (Å²) in [5.74, 6) is -2.17. The zero-order chi connectivity index (χ0) is 20.4. The average Bonchev–Trinajstić information content (AvgIpc) is 3.17. The number of carbonyl (C=O) groups excluding carboxylic acids is 3. The number of primary amides is 1. The Hall–Kier alpha value is -3.52. The van der Waals surface area contributed by atoms with Crippen molar-refractivity contribution in [1.82, 2.24) is 19.2 Å². The van der Waals surface area contributed by atoms with E-state index in [-0.39, 0.29) is 11.7 Å². The standard InChI is InChI=1S/C21H21N5O3/c22-19(28)18(27)20-23-12-17-7-6-16(14-26(17)20)21(29)25-10-8-24(9-11-25)13-15-4-2-1-3-5-15/h1-7,12,14H,8-11,13H2,(H2,22,28). The van der Waals surface area contributed by atoms with Crippen molar-refractivity contribution in [2.75, 3.05) is 26.2 Å². The minimum absolute atomic E-state index is 0.0881. The number of amides is 2. The Balaban J connectivity index is 1.46. The van der Waals surface area contributed by atoms with Crippen molar-refractivity contribution >= 4 is 23.1 Å². The van der Waals surface area contributed by atoms with E-state index in [2.05, 4.69) is 22.0 Å². The van der Waals surface area contributed by atoms with E-state index in [1.165, 1.54) is 22.4 Å². The minimum Gasteiger partial charge on any atom is -0.363 e. The van der Waals surface area contributed by atoms with Gasteiger partial charge in [-0.15, -0.1) is 0 Å². The molecule has 0 bridgehead atoms. The maximum absolute atomic E-state index is 12.9. The highest BCUT2D eigenvalue weighted by molar-refractivity contribution is 6.41. The maximum atomic E-state index is 12.9. The first-order valence-electron chi connectivity index (χ1n) is 9.40. The van der Waals surface area contributed by atoms with E-state index in [0.717, 1.165) is 19.6 Å². The summed E-state index contributed by atoms with van der Waals surface area (Å²) >= 11 is 0. The maximum Gasteiger partial charge on any atom is 0.293 e. The number of piperazine rings is 1. The van der Waals surface area contributed by atoms with Crippen molar-refractivity contribution in [1.29, 1.82) is 0 Å². The van der Waals surface area contributed by atoms with Crippen LogP contribution < -0.4 is 5.73 Å². The van der Waals surface area contributed by atoms with Crippen LogP contribution in [0, 0.1) is 0 Å².